The third-order valence-electron chi connectivity index (χ3n) is 4.72. The number of nitro groups is 1. The van der Waals surface area contributed by atoms with Crippen LogP contribution in [0.5, 0.6) is 0 Å². The van der Waals surface area contributed by atoms with E-state index >= 15 is 0 Å². The molecule has 0 spiro atoms. The monoisotopic (exact) mass is 405 g/mol. The Kier molecular flexibility index (Phi) is 5.18. The van der Waals surface area contributed by atoms with E-state index in [0.29, 0.717) is 11.6 Å². The number of hydrogen-bond donors (Lipinski definition) is 2. The standard InChI is InChI=1S/C21H19N5O2S/c1-14-22-12-18(26(27)28)25(14)13-17(29)21-23-19(15-8-4-2-5-9-15)20(24-21)16-10-6-3-7-11-16/h2-12,17,29H,13H2,1H3,(H,23,24). The zero-order valence-corrected chi connectivity index (χ0v) is 16.6. The van der Waals surface area contributed by atoms with E-state index in [4.69, 9.17) is 4.98 Å². The number of aromatic amines is 1. The zero-order valence-electron chi connectivity index (χ0n) is 15.7. The van der Waals surface area contributed by atoms with Gasteiger partial charge < -0.3 is 15.1 Å². The average Bonchev–Trinajstić information content (AvgIpc) is 3.34. The van der Waals surface area contributed by atoms with Gasteiger partial charge in [-0.25, -0.2) is 14.5 Å². The summed E-state index contributed by atoms with van der Waals surface area (Å²) >= 11 is 4.69. The molecular formula is C21H19N5O2S. The molecule has 0 aliphatic rings. The number of H-pyrrole nitrogens is 1. The number of aromatic nitrogens is 4. The van der Waals surface area contributed by atoms with Crippen LogP contribution in [0.1, 0.15) is 16.9 Å². The molecule has 0 fully saturated rings. The molecule has 0 aliphatic heterocycles. The number of imidazole rings is 2. The van der Waals surface area contributed by atoms with Gasteiger partial charge in [0.25, 0.3) is 0 Å². The van der Waals surface area contributed by atoms with E-state index in [2.05, 4.69) is 22.6 Å². The summed E-state index contributed by atoms with van der Waals surface area (Å²) < 4.78 is 1.55. The summed E-state index contributed by atoms with van der Waals surface area (Å²) in [7, 11) is 0. The summed E-state index contributed by atoms with van der Waals surface area (Å²) in [4.78, 5) is 23.1. The summed E-state index contributed by atoms with van der Waals surface area (Å²) in [6.45, 7) is 2.02. The lowest BCUT2D eigenvalue weighted by Crippen LogP contribution is -2.10. The van der Waals surface area contributed by atoms with Crippen molar-refractivity contribution in [1.82, 2.24) is 19.5 Å². The first-order chi connectivity index (χ1) is 14.0. The molecule has 146 valence electrons. The predicted molar refractivity (Wildman–Crippen MR) is 115 cm³/mol. The van der Waals surface area contributed by atoms with Crippen LogP contribution in [0.2, 0.25) is 0 Å². The Morgan fingerprint density at radius 2 is 1.72 bits per heavy atom. The molecule has 2 aromatic carbocycles. The van der Waals surface area contributed by atoms with Crippen molar-refractivity contribution in [3.8, 4) is 22.5 Å². The van der Waals surface area contributed by atoms with E-state index in [9.17, 15) is 10.1 Å². The average molecular weight is 405 g/mol. The predicted octanol–water partition coefficient (Wildman–Crippen LogP) is 4.83. The minimum absolute atomic E-state index is 0.0559. The summed E-state index contributed by atoms with van der Waals surface area (Å²) in [5, 5.41) is 10.9. The highest BCUT2D eigenvalue weighted by Crippen LogP contribution is 2.33. The van der Waals surface area contributed by atoms with Gasteiger partial charge >= 0.3 is 5.82 Å². The zero-order chi connectivity index (χ0) is 20.4. The van der Waals surface area contributed by atoms with Crippen molar-refractivity contribution in [2.45, 2.75) is 18.7 Å². The van der Waals surface area contributed by atoms with Crippen molar-refractivity contribution < 1.29 is 4.92 Å². The highest BCUT2D eigenvalue weighted by molar-refractivity contribution is 7.80. The molecule has 0 saturated carbocycles. The largest absolute Gasteiger partial charge is 0.358 e. The Labute approximate surface area is 173 Å². The van der Waals surface area contributed by atoms with E-state index in [1.165, 1.54) is 6.20 Å². The molecule has 1 unspecified atom stereocenters. The molecule has 0 amide bonds. The van der Waals surface area contributed by atoms with Crippen LogP contribution in [0.25, 0.3) is 22.5 Å². The van der Waals surface area contributed by atoms with Gasteiger partial charge in [0.15, 0.2) is 5.82 Å². The van der Waals surface area contributed by atoms with E-state index in [1.807, 2.05) is 60.7 Å². The Morgan fingerprint density at radius 1 is 1.10 bits per heavy atom. The van der Waals surface area contributed by atoms with E-state index < -0.39 is 4.92 Å². The smallest absolute Gasteiger partial charge is 0.342 e. The molecular weight excluding hydrogens is 386 g/mol. The van der Waals surface area contributed by atoms with Gasteiger partial charge in [-0.15, -0.1) is 0 Å². The lowest BCUT2D eigenvalue weighted by Gasteiger charge is -2.08. The fraction of sp³-hybridized carbons (Fsp3) is 0.143. The maximum absolute atomic E-state index is 11.3. The van der Waals surface area contributed by atoms with Crippen molar-refractivity contribution in [3.63, 3.8) is 0 Å². The van der Waals surface area contributed by atoms with Gasteiger partial charge in [0.2, 0.25) is 0 Å². The van der Waals surface area contributed by atoms with Crippen molar-refractivity contribution in [1.29, 1.82) is 0 Å². The van der Waals surface area contributed by atoms with E-state index in [-0.39, 0.29) is 17.6 Å². The van der Waals surface area contributed by atoms with E-state index in [1.54, 1.807) is 11.5 Å². The fourth-order valence-corrected chi connectivity index (χ4v) is 3.54. The SMILES string of the molecule is Cc1ncc([N+](=O)[O-])n1CC(S)c1nc(-c2ccccc2)c(-c2ccccc2)[nH]1. The maximum Gasteiger partial charge on any atom is 0.342 e. The lowest BCUT2D eigenvalue weighted by atomic mass is 10.1. The Bertz CT molecular complexity index is 1080. The fourth-order valence-electron chi connectivity index (χ4n) is 3.26. The molecule has 0 aliphatic carbocycles. The second kappa shape index (κ2) is 7.92. The van der Waals surface area contributed by atoms with Crippen molar-refractivity contribution in [2.75, 3.05) is 0 Å². The van der Waals surface area contributed by atoms with Crippen LogP contribution in [-0.4, -0.2) is 24.4 Å². The van der Waals surface area contributed by atoms with Gasteiger partial charge in [0.1, 0.15) is 18.6 Å². The second-order valence-corrected chi connectivity index (χ2v) is 7.25. The van der Waals surface area contributed by atoms with Crippen molar-refractivity contribution in [3.05, 3.63) is 88.6 Å². The quantitative estimate of drug-likeness (QED) is 0.273. The number of aryl methyl sites for hydroxylation is 1. The minimum atomic E-state index is -0.437. The van der Waals surface area contributed by atoms with Gasteiger partial charge in [-0.3, -0.25) is 0 Å². The number of benzene rings is 2. The van der Waals surface area contributed by atoms with Crippen LogP contribution >= 0.6 is 12.6 Å². The van der Waals surface area contributed by atoms with Gasteiger partial charge in [-0.1, -0.05) is 60.7 Å². The molecule has 1 atom stereocenters. The van der Waals surface area contributed by atoms with Crippen LogP contribution < -0.4 is 0 Å². The number of thiol groups is 1. The molecule has 4 aromatic rings. The first kappa shape index (κ1) is 18.9. The molecule has 29 heavy (non-hydrogen) atoms. The molecule has 0 saturated heterocycles. The summed E-state index contributed by atoms with van der Waals surface area (Å²) in [6, 6.07) is 19.8. The molecule has 1 N–H and O–H groups in total. The molecule has 2 heterocycles. The maximum atomic E-state index is 11.3. The molecule has 7 nitrogen and oxygen atoms in total. The molecule has 0 bridgehead atoms. The van der Waals surface area contributed by atoms with Crippen LogP contribution in [0, 0.1) is 17.0 Å². The van der Waals surface area contributed by atoms with Gasteiger partial charge in [0, 0.05) is 18.1 Å². The first-order valence-electron chi connectivity index (χ1n) is 9.10. The summed E-state index contributed by atoms with van der Waals surface area (Å²) in [5.74, 6) is 1.15. The van der Waals surface area contributed by atoms with Crippen LogP contribution in [0.15, 0.2) is 66.9 Å². The third-order valence-corrected chi connectivity index (χ3v) is 5.13. The third kappa shape index (κ3) is 3.79. The van der Waals surface area contributed by atoms with Crippen LogP contribution in [0.4, 0.5) is 5.82 Å². The van der Waals surface area contributed by atoms with Crippen molar-refractivity contribution >= 4 is 18.4 Å². The molecule has 8 heteroatoms. The van der Waals surface area contributed by atoms with Gasteiger partial charge in [-0.05, 0) is 4.92 Å². The van der Waals surface area contributed by atoms with Crippen LogP contribution in [-0.2, 0) is 6.54 Å². The highest BCUT2D eigenvalue weighted by atomic mass is 32.1. The number of rotatable bonds is 6. The number of nitrogens with zero attached hydrogens (tertiary/aromatic N) is 4. The second-order valence-electron chi connectivity index (χ2n) is 6.62. The van der Waals surface area contributed by atoms with E-state index in [0.717, 1.165) is 22.5 Å². The minimum Gasteiger partial charge on any atom is -0.358 e. The Morgan fingerprint density at radius 3 is 2.34 bits per heavy atom. The first-order valence-corrected chi connectivity index (χ1v) is 9.61. The Balaban J connectivity index is 1.74. The summed E-state index contributed by atoms with van der Waals surface area (Å²) in [6.07, 6.45) is 1.27. The normalized spacial score (nSPS) is 12.1. The molecule has 2 aromatic heterocycles. The topological polar surface area (TPSA) is 89.6 Å². The van der Waals surface area contributed by atoms with Gasteiger partial charge in [-0.2, -0.15) is 12.6 Å². The molecule has 0 radical (unpaired) electrons. The highest BCUT2D eigenvalue weighted by Gasteiger charge is 2.24. The van der Waals surface area contributed by atoms with Crippen LogP contribution in [0.3, 0.4) is 0 Å². The summed E-state index contributed by atoms with van der Waals surface area (Å²) in [5.41, 5.74) is 3.71. The van der Waals surface area contributed by atoms with Gasteiger partial charge in [0.05, 0.1) is 16.6 Å². The lowest BCUT2D eigenvalue weighted by molar-refractivity contribution is -0.392. The molecule has 4 rings (SSSR count). The number of nitrogens with one attached hydrogen (secondary N) is 1. The Hall–Kier alpha value is -3.39. The number of hydrogen-bond acceptors (Lipinski definition) is 5. The van der Waals surface area contributed by atoms with Crippen molar-refractivity contribution in [2.24, 2.45) is 0 Å².